The molecule has 0 aliphatic heterocycles. The van der Waals surface area contributed by atoms with Gasteiger partial charge in [-0.15, -0.1) is 0 Å². The molecule has 174 valence electrons. The lowest BCUT2D eigenvalue weighted by Gasteiger charge is -2.17. The van der Waals surface area contributed by atoms with Crippen LogP contribution in [0.5, 0.6) is 17.2 Å². The molecule has 4 aromatic rings. The molecule has 0 saturated carbocycles. The van der Waals surface area contributed by atoms with Gasteiger partial charge < -0.3 is 19.5 Å². The summed E-state index contributed by atoms with van der Waals surface area (Å²) in [5.74, 6) is 0.662. The molecule has 0 radical (unpaired) electrons. The molecular formula is C25H23N3O6. The lowest BCUT2D eigenvalue weighted by atomic mass is 10.2. The van der Waals surface area contributed by atoms with Gasteiger partial charge in [-0.25, -0.2) is 9.36 Å². The van der Waals surface area contributed by atoms with Crippen molar-refractivity contribution in [2.45, 2.75) is 6.54 Å². The number of nitrogens with zero attached hydrogens (tertiary/aromatic N) is 2. The fraction of sp³-hybridized carbons (Fsp3) is 0.160. The maximum Gasteiger partial charge on any atom is 0.336 e. The normalized spacial score (nSPS) is 10.7. The largest absolute Gasteiger partial charge is 0.495 e. The molecule has 1 heterocycles. The Morgan fingerprint density at radius 2 is 1.44 bits per heavy atom. The van der Waals surface area contributed by atoms with Crippen molar-refractivity contribution in [2.24, 2.45) is 0 Å². The Kier molecular flexibility index (Phi) is 6.35. The summed E-state index contributed by atoms with van der Waals surface area (Å²) in [7, 11) is 4.40. The lowest BCUT2D eigenvalue weighted by molar-refractivity contribution is -0.116. The van der Waals surface area contributed by atoms with Gasteiger partial charge in [0.25, 0.3) is 5.56 Å². The molecule has 0 spiro atoms. The summed E-state index contributed by atoms with van der Waals surface area (Å²) < 4.78 is 18.3. The lowest BCUT2D eigenvalue weighted by Crippen LogP contribution is -2.40. The number of anilines is 1. The van der Waals surface area contributed by atoms with E-state index in [0.29, 0.717) is 28.6 Å². The number of ether oxygens (including phenoxy) is 3. The van der Waals surface area contributed by atoms with Crippen molar-refractivity contribution in [1.82, 2.24) is 9.13 Å². The first-order chi connectivity index (χ1) is 16.5. The predicted molar refractivity (Wildman–Crippen MR) is 129 cm³/mol. The number of fused-ring (bicyclic) bond motifs is 1. The molecule has 9 heteroatoms. The number of hydrogen-bond acceptors (Lipinski definition) is 6. The van der Waals surface area contributed by atoms with Crippen molar-refractivity contribution in [3.63, 3.8) is 0 Å². The van der Waals surface area contributed by atoms with E-state index in [1.807, 2.05) is 0 Å². The number of para-hydroxylation sites is 3. The third kappa shape index (κ3) is 4.11. The van der Waals surface area contributed by atoms with Crippen LogP contribution in [0.1, 0.15) is 0 Å². The number of nitrogens with one attached hydrogen (secondary N) is 1. The zero-order valence-corrected chi connectivity index (χ0v) is 18.9. The van der Waals surface area contributed by atoms with E-state index in [0.717, 1.165) is 4.57 Å². The zero-order valence-electron chi connectivity index (χ0n) is 18.9. The molecule has 1 aromatic heterocycles. The molecule has 3 aromatic carbocycles. The van der Waals surface area contributed by atoms with Gasteiger partial charge in [-0.2, -0.15) is 0 Å². The molecule has 0 fully saturated rings. The van der Waals surface area contributed by atoms with Crippen molar-refractivity contribution in [1.29, 1.82) is 0 Å². The van der Waals surface area contributed by atoms with Crippen molar-refractivity contribution < 1.29 is 19.0 Å². The molecule has 0 saturated heterocycles. The van der Waals surface area contributed by atoms with Crippen LogP contribution in [-0.2, 0) is 11.3 Å². The van der Waals surface area contributed by atoms with E-state index in [1.165, 1.54) is 38.0 Å². The summed E-state index contributed by atoms with van der Waals surface area (Å²) in [6.07, 6.45) is 0. The molecule has 0 bridgehead atoms. The molecule has 4 rings (SSSR count). The minimum absolute atomic E-state index is 0.200. The van der Waals surface area contributed by atoms with Crippen LogP contribution in [0, 0.1) is 0 Å². The standard InChI is InChI=1S/C25H23N3O6/c1-32-20-12-8-7-11-18(20)26-23(29)15-27-19-14-22(34-3)21(33-2)13-17(19)24(30)28(25(27)31)16-9-5-4-6-10-16/h4-14H,15H2,1-3H3,(H,26,29). The predicted octanol–water partition coefficient (Wildman–Crippen LogP) is 2.82. The summed E-state index contributed by atoms with van der Waals surface area (Å²) >= 11 is 0. The van der Waals surface area contributed by atoms with Gasteiger partial charge in [-0.05, 0) is 30.3 Å². The molecule has 1 N–H and O–H groups in total. The maximum absolute atomic E-state index is 13.5. The fourth-order valence-corrected chi connectivity index (χ4v) is 3.73. The van der Waals surface area contributed by atoms with Crippen LogP contribution < -0.4 is 30.8 Å². The highest BCUT2D eigenvalue weighted by Crippen LogP contribution is 2.30. The summed E-state index contributed by atoms with van der Waals surface area (Å²) in [4.78, 5) is 39.9. The van der Waals surface area contributed by atoms with Crippen molar-refractivity contribution in [3.8, 4) is 22.9 Å². The topological polar surface area (TPSA) is 101 Å². The number of hydrogen-bond donors (Lipinski definition) is 1. The summed E-state index contributed by atoms with van der Waals surface area (Å²) in [6.45, 7) is -0.351. The summed E-state index contributed by atoms with van der Waals surface area (Å²) in [5.41, 5.74) is -0.106. The first-order valence-corrected chi connectivity index (χ1v) is 10.4. The zero-order chi connectivity index (χ0) is 24.2. The van der Waals surface area contributed by atoms with Crippen LogP contribution in [0.4, 0.5) is 5.69 Å². The Morgan fingerprint density at radius 3 is 2.12 bits per heavy atom. The number of aromatic nitrogens is 2. The quantitative estimate of drug-likeness (QED) is 0.454. The molecule has 0 atom stereocenters. The van der Waals surface area contributed by atoms with Gasteiger partial charge in [0.05, 0.1) is 43.6 Å². The van der Waals surface area contributed by atoms with Crippen molar-refractivity contribution in [2.75, 3.05) is 26.6 Å². The van der Waals surface area contributed by atoms with Gasteiger partial charge >= 0.3 is 5.69 Å². The highest BCUT2D eigenvalue weighted by Gasteiger charge is 2.20. The van der Waals surface area contributed by atoms with E-state index in [9.17, 15) is 14.4 Å². The molecule has 0 aliphatic carbocycles. The van der Waals surface area contributed by atoms with Crippen molar-refractivity contribution >= 4 is 22.5 Å². The Balaban J connectivity index is 1.91. The molecule has 34 heavy (non-hydrogen) atoms. The van der Waals surface area contributed by atoms with Crippen LogP contribution in [0.2, 0.25) is 0 Å². The summed E-state index contributed by atoms with van der Waals surface area (Å²) in [5, 5.41) is 2.96. The number of carbonyl (C=O) groups excluding carboxylic acids is 1. The minimum Gasteiger partial charge on any atom is -0.495 e. The smallest absolute Gasteiger partial charge is 0.336 e. The Morgan fingerprint density at radius 1 is 0.824 bits per heavy atom. The number of methoxy groups -OCH3 is 3. The molecule has 0 aliphatic rings. The monoisotopic (exact) mass is 461 g/mol. The third-order valence-electron chi connectivity index (χ3n) is 5.35. The van der Waals surface area contributed by atoms with E-state index in [-0.39, 0.29) is 17.4 Å². The minimum atomic E-state index is -0.661. The second-order valence-electron chi connectivity index (χ2n) is 7.32. The van der Waals surface area contributed by atoms with Gasteiger partial charge in [0.2, 0.25) is 5.91 Å². The Bertz CT molecular complexity index is 1470. The van der Waals surface area contributed by atoms with Crippen LogP contribution in [-0.4, -0.2) is 36.4 Å². The van der Waals surface area contributed by atoms with Crippen LogP contribution in [0.15, 0.2) is 76.3 Å². The SMILES string of the molecule is COc1ccccc1NC(=O)Cn1c(=O)n(-c2ccccc2)c(=O)c2cc(OC)c(OC)cc21. The van der Waals surface area contributed by atoms with Gasteiger partial charge in [-0.1, -0.05) is 30.3 Å². The highest BCUT2D eigenvalue weighted by atomic mass is 16.5. The maximum atomic E-state index is 13.5. The first-order valence-electron chi connectivity index (χ1n) is 10.4. The molecular weight excluding hydrogens is 438 g/mol. The number of carbonyl (C=O) groups is 1. The third-order valence-corrected chi connectivity index (χ3v) is 5.35. The highest BCUT2D eigenvalue weighted by molar-refractivity contribution is 5.93. The second kappa shape index (κ2) is 9.53. The van der Waals surface area contributed by atoms with E-state index in [1.54, 1.807) is 54.6 Å². The van der Waals surface area contributed by atoms with Gasteiger partial charge in [0.15, 0.2) is 11.5 Å². The van der Waals surface area contributed by atoms with E-state index in [2.05, 4.69) is 5.32 Å². The van der Waals surface area contributed by atoms with Crippen LogP contribution >= 0.6 is 0 Å². The average molecular weight is 461 g/mol. The Hall–Kier alpha value is -4.53. The number of rotatable bonds is 7. The van der Waals surface area contributed by atoms with Gasteiger partial charge in [-0.3, -0.25) is 14.2 Å². The molecule has 9 nitrogen and oxygen atoms in total. The van der Waals surface area contributed by atoms with Crippen molar-refractivity contribution in [3.05, 3.63) is 87.6 Å². The van der Waals surface area contributed by atoms with Crippen LogP contribution in [0.25, 0.3) is 16.6 Å². The number of benzene rings is 3. The van der Waals surface area contributed by atoms with Gasteiger partial charge in [0, 0.05) is 6.07 Å². The van der Waals surface area contributed by atoms with E-state index < -0.39 is 17.2 Å². The fourth-order valence-electron chi connectivity index (χ4n) is 3.73. The molecule has 1 amide bonds. The van der Waals surface area contributed by atoms with E-state index >= 15 is 0 Å². The van der Waals surface area contributed by atoms with Gasteiger partial charge in [0.1, 0.15) is 12.3 Å². The first kappa shape index (κ1) is 22.7. The van der Waals surface area contributed by atoms with E-state index in [4.69, 9.17) is 14.2 Å². The second-order valence-corrected chi connectivity index (χ2v) is 7.32. The number of amides is 1. The van der Waals surface area contributed by atoms with Crippen LogP contribution in [0.3, 0.4) is 0 Å². The summed E-state index contributed by atoms with van der Waals surface area (Å²) in [6, 6.07) is 18.5. The molecule has 0 unspecified atom stereocenters. The average Bonchev–Trinajstić information content (AvgIpc) is 2.86. The Labute approximate surface area is 194 Å².